The first-order chi connectivity index (χ1) is 14.5. The molecule has 0 radical (unpaired) electrons. The fourth-order valence-corrected chi connectivity index (χ4v) is 3.17. The number of benzene rings is 1. The second-order valence-corrected chi connectivity index (χ2v) is 8.46. The summed E-state index contributed by atoms with van der Waals surface area (Å²) in [6, 6.07) is 7.84. The van der Waals surface area contributed by atoms with Crippen LogP contribution in [-0.2, 0) is 35.3 Å². The van der Waals surface area contributed by atoms with E-state index in [9.17, 15) is 19.2 Å². The van der Waals surface area contributed by atoms with Crippen LogP contribution in [0.5, 0.6) is 0 Å². The highest BCUT2D eigenvalue weighted by Gasteiger charge is 2.52. The Bertz CT molecular complexity index is 819. The molecule has 1 aromatic carbocycles. The largest absolute Gasteiger partial charge is 0.444 e. The topological polar surface area (TPSA) is 111 Å². The minimum absolute atomic E-state index is 0.0000114. The number of ether oxygens (including phenoxy) is 2. The van der Waals surface area contributed by atoms with Gasteiger partial charge in [0, 0.05) is 7.11 Å². The number of nitrogens with zero attached hydrogens (tertiary/aromatic N) is 1. The van der Waals surface area contributed by atoms with Gasteiger partial charge >= 0.3 is 6.09 Å². The van der Waals surface area contributed by atoms with Crippen molar-refractivity contribution < 1.29 is 33.5 Å². The van der Waals surface area contributed by atoms with Gasteiger partial charge < -0.3 is 14.8 Å². The first-order valence-electron chi connectivity index (χ1n) is 10.1. The van der Waals surface area contributed by atoms with E-state index in [0.717, 1.165) is 5.56 Å². The Hall–Kier alpha value is -2.78. The molecule has 1 aliphatic heterocycles. The van der Waals surface area contributed by atoms with Crippen LogP contribution < -0.4 is 5.32 Å². The molecule has 2 rings (SSSR count). The molecule has 0 spiro atoms. The fourth-order valence-electron chi connectivity index (χ4n) is 3.17. The highest BCUT2D eigenvalue weighted by molar-refractivity contribution is 6.16. The number of Topliss-reactive ketones (excluding diaryl/α,β-unsaturated/α-hetero) is 1. The number of amides is 3. The Labute approximate surface area is 182 Å². The standard InChI is InChI=1S/C22H30N2O7/c1-13-16(18(25)17(14(2)29-6)23-21(28)31-22(3,4)5)20(27)24(19(13)26)30-12-15-10-8-7-9-11-15/h7-11,13-14,16-17H,12H2,1-6H3,(H,23,28)/t13-,14?,16+,17?/m0/s1. The van der Waals surface area contributed by atoms with Crippen molar-refractivity contribution in [2.45, 2.75) is 59.0 Å². The predicted molar refractivity (Wildman–Crippen MR) is 110 cm³/mol. The first kappa shape index (κ1) is 24.5. The van der Waals surface area contributed by atoms with Crippen molar-refractivity contribution in [2.75, 3.05) is 7.11 Å². The second kappa shape index (κ2) is 10.0. The lowest BCUT2D eigenvalue weighted by molar-refractivity contribution is -0.193. The molecule has 0 saturated carbocycles. The summed E-state index contributed by atoms with van der Waals surface area (Å²) < 4.78 is 10.4. The van der Waals surface area contributed by atoms with Gasteiger partial charge in [-0.3, -0.25) is 19.2 Å². The van der Waals surface area contributed by atoms with Crippen molar-refractivity contribution in [1.29, 1.82) is 0 Å². The molecule has 2 unspecified atom stereocenters. The number of hydrogen-bond donors (Lipinski definition) is 1. The summed E-state index contributed by atoms with van der Waals surface area (Å²) in [7, 11) is 1.38. The van der Waals surface area contributed by atoms with E-state index >= 15 is 0 Å². The smallest absolute Gasteiger partial charge is 0.408 e. The van der Waals surface area contributed by atoms with Gasteiger partial charge in [0.25, 0.3) is 11.8 Å². The van der Waals surface area contributed by atoms with Crippen LogP contribution in [0.1, 0.15) is 40.2 Å². The number of imide groups is 1. The first-order valence-corrected chi connectivity index (χ1v) is 10.1. The molecule has 1 heterocycles. The van der Waals surface area contributed by atoms with E-state index in [1.165, 1.54) is 14.0 Å². The van der Waals surface area contributed by atoms with E-state index in [-0.39, 0.29) is 6.61 Å². The molecule has 170 valence electrons. The lowest BCUT2D eigenvalue weighted by Crippen LogP contribution is -2.53. The number of hydrogen-bond acceptors (Lipinski definition) is 7. The van der Waals surface area contributed by atoms with Gasteiger partial charge in [-0.25, -0.2) is 4.79 Å². The van der Waals surface area contributed by atoms with Gasteiger partial charge in [0.2, 0.25) is 0 Å². The normalized spacial score (nSPS) is 21.0. The molecule has 1 saturated heterocycles. The van der Waals surface area contributed by atoms with Crippen LogP contribution in [0, 0.1) is 11.8 Å². The number of carbonyl (C=O) groups is 4. The second-order valence-electron chi connectivity index (χ2n) is 8.46. The van der Waals surface area contributed by atoms with Crippen molar-refractivity contribution in [3.63, 3.8) is 0 Å². The average Bonchev–Trinajstić information content (AvgIpc) is 2.91. The number of hydroxylamine groups is 2. The zero-order valence-corrected chi connectivity index (χ0v) is 18.7. The lowest BCUT2D eigenvalue weighted by atomic mass is 9.87. The molecule has 0 bridgehead atoms. The maximum Gasteiger partial charge on any atom is 0.408 e. The summed E-state index contributed by atoms with van der Waals surface area (Å²) in [5.41, 5.74) is -0.00862. The molecular formula is C22H30N2O7. The quantitative estimate of drug-likeness (QED) is 0.493. The third-order valence-electron chi connectivity index (χ3n) is 4.89. The molecule has 1 fully saturated rings. The van der Waals surface area contributed by atoms with Crippen LogP contribution in [0.2, 0.25) is 0 Å². The minimum Gasteiger partial charge on any atom is -0.444 e. The van der Waals surface area contributed by atoms with Gasteiger partial charge in [0.15, 0.2) is 5.78 Å². The molecule has 0 aliphatic carbocycles. The molecule has 3 amide bonds. The Morgan fingerprint density at radius 3 is 2.29 bits per heavy atom. The number of alkyl carbamates (subject to hydrolysis) is 1. The SMILES string of the molecule is COC(C)C(NC(=O)OC(C)(C)C)C(=O)[C@@H]1C(=O)N(OCc2ccccc2)C(=O)[C@H]1C. The number of ketones is 1. The molecule has 31 heavy (non-hydrogen) atoms. The maximum atomic E-state index is 13.2. The summed E-state index contributed by atoms with van der Waals surface area (Å²) in [6.07, 6.45) is -1.58. The van der Waals surface area contributed by atoms with Gasteiger partial charge in [-0.1, -0.05) is 37.3 Å². The van der Waals surface area contributed by atoms with Crippen LogP contribution in [0.25, 0.3) is 0 Å². The Balaban J connectivity index is 2.16. The zero-order valence-electron chi connectivity index (χ0n) is 18.7. The van der Waals surface area contributed by atoms with Crippen LogP contribution in [-0.4, -0.2) is 53.6 Å². The predicted octanol–water partition coefficient (Wildman–Crippen LogP) is 2.24. The number of nitrogens with one attached hydrogen (secondary N) is 1. The molecule has 1 N–H and O–H groups in total. The van der Waals surface area contributed by atoms with E-state index in [1.807, 2.05) is 6.07 Å². The van der Waals surface area contributed by atoms with Crippen LogP contribution in [0.4, 0.5) is 4.79 Å². The fraction of sp³-hybridized carbons (Fsp3) is 0.545. The van der Waals surface area contributed by atoms with E-state index in [2.05, 4.69) is 5.32 Å². The van der Waals surface area contributed by atoms with E-state index in [0.29, 0.717) is 5.06 Å². The third-order valence-corrected chi connectivity index (χ3v) is 4.89. The Morgan fingerprint density at radius 1 is 1.13 bits per heavy atom. The monoisotopic (exact) mass is 434 g/mol. The summed E-state index contributed by atoms with van der Waals surface area (Å²) in [5.74, 6) is -4.27. The van der Waals surface area contributed by atoms with E-state index in [4.69, 9.17) is 14.3 Å². The maximum absolute atomic E-state index is 13.2. The summed E-state index contributed by atoms with van der Waals surface area (Å²) >= 11 is 0. The third kappa shape index (κ3) is 6.11. The Morgan fingerprint density at radius 2 is 1.74 bits per heavy atom. The van der Waals surface area contributed by atoms with Gasteiger partial charge in [0.05, 0.1) is 12.0 Å². The summed E-state index contributed by atoms with van der Waals surface area (Å²) in [5, 5.41) is 3.11. The summed E-state index contributed by atoms with van der Waals surface area (Å²) in [4.78, 5) is 56.4. The lowest BCUT2D eigenvalue weighted by Gasteiger charge is -2.27. The van der Waals surface area contributed by atoms with Crippen LogP contribution in [0.3, 0.4) is 0 Å². The zero-order chi connectivity index (χ0) is 23.3. The average molecular weight is 434 g/mol. The molecule has 4 atom stereocenters. The minimum atomic E-state index is -1.30. The molecule has 1 aromatic rings. The molecule has 9 nitrogen and oxygen atoms in total. The van der Waals surface area contributed by atoms with Crippen molar-refractivity contribution in [3.8, 4) is 0 Å². The molecule has 0 aromatic heterocycles. The van der Waals surface area contributed by atoms with Gasteiger partial charge in [-0.2, -0.15) is 5.06 Å². The van der Waals surface area contributed by atoms with Crippen LogP contribution >= 0.6 is 0 Å². The van der Waals surface area contributed by atoms with E-state index in [1.54, 1.807) is 52.0 Å². The van der Waals surface area contributed by atoms with Gasteiger partial charge in [-0.15, -0.1) is 0 Å². The molecular weight excluding hydrogens is 404 g/mol. The number of rotatable bonds is 8. The van der Waals surface area contributed by atoms with Crippen molar-refractivity contribution in [3.05, 3.63) is 35.9 Å². The van der Waals surface area contributed by atoms with Gasteiger partial charge in [-0.05, 0) is 33.3 Å². The highest BCUT2D eigenvalue weighted by atomic mass is 16.7. The van der Waals surface area contributed by atoms with E-state index < -0.39 is 53.3 Å². The van der Waals surface area contributed by atoms with Crippen molar-refractivity contribution in [1.82, 2.24) is 10.4 Å². The Kier molecular flexibility index (Phi) is 7.91. The number of carbonyl (C=O) groups excluding carboxylic acids is 4. The van der Waals surface area contributed by atoms with Crippen molar-refractivity contribution in [2.24, 2.45) is 11.8 Å². The van der Waals surface area contributed by atoms with Gasteiger partial charge in [0.1, 0.15) is 24.2 Å². The number of methoxy groups -OCH3 is 1. The molecule has 9 heteroatoms. The molecule has 1 aliphatic rings. The summed E-state index contributed by atoms with van der Waals surface area (Å²) in [6.45, 7) is 8.12. The van der Waals surface area contributed by atoms with Crippen LogP contribution in [0.15, 0.2) is 30.3 Å². The van der Waals surface area contributed by atoms with Crippen molar-refractivity contribution >= 4 is 23.7 Å². The highest BCUT2D eigenvalue weighted by Crippen LogP contribution is 2.29.